The minimum Gasteiger partial charge on any atom is -0.379 e. The van der Waals surface area contributed by atoms with Crippen LogP contribution in [0.15, 0.2) is 4.99 Å². The van der Waals surface area contributed by atoms with Crippen molar-refractivity contribution >= 4 is 5.96 Å². The van der Waals surface area contributed by atoms with Gasteiger partial charge in [-0.15, -0.1) is 0 Å². The second-order valence-corrected chi connectivity index (χ2v) is 5.58. The molecule has 1 saturated heterocycles. The van der Waals surface area contributed by atoms with E-state index in [-0.39, 0.29) is 0 Å². The Hall–Kier alpha value is -0.810. The summed E-state index contributed by atoms with van der Waals surface area (Å²) in [5.74, 6) is 1.63. The fourth-order valence-corrected chi connectivity index (χ4v) is 1.97. The summed E-state index contributed by atoms with van der Waals surface area (Å²) in [6.07, 6.45) is 3.45. The maximum Gasteiger partial charge on any atom is 0.191 e. The summed E-state index contributed by atoms with van der Waals surface area (Å²) in [6.45, 7) is 11.6. The SMILES string of the molecule is CCNC(=NCCCOC1CCOC1)NCCC(C)C. The van der Waals surface area contributed by atoms with Gasteiger partial charge < -0.3 is 20.1 Å². The van der Waals surface area contributed by atoms with E-state index < -0.39 is 0 Å². The maximum absolute atomic E-state index is 5.72. The number of aliphatic imine (C=N–C) groups is 1. The van der Waals surface area contributed by atoms with Crippen molar-refractivity contribution in [1.82, 2.24) is 10.6 Å². The Balaban J connectivity index is 2.10. The van der Waals surface area contributed by atoms with E-state index in [4.69, 9.17) is 9.47 Å². The summed E-state index contributed by atoms with van der Waals surface area (Å²) >= 11 is 0. The molecule has 2 N–H and O–H groups in total. The van der Waals surface area contributed by atoms with Gasteiger partial charge in [-0.3, -0.25) is 4.99 Å². The molecule has 0 radical (unpaired) electrons. The zero-order chi connectivity index (χ0) is 14.6. The molecule has 0 saturated carbocycles. The second kappa shape index (κ2) is 10.9. The largest absolute Gasteiger partial charge is 0.379 e. The molecule has 5 nitrogen and oxygen atoms in total. The molecular weight excluding hydrogens is 254 g/mol. The Morgan fingerprint density at radius 2 is 2.25 bits per heavy atom. The van der Waals surface area contributed by atoms with Crippen LogP contribution < -0.4 is 10.6 Å². The van der Waals surface area contributed by atoms with Crippen LogP contribution in [0.5, 0.6) is 0 Å². The number of guanidine groups is 1. The van der Waals surface area contributed by atoms with Crippen LogP contribution in [0.4, 0.5) is 0 Å². The van der Waals surface area contributed by atoms with Gasteiger partial charge in [-0.2, -0.15) is 0 Å². The topological polar surface area (TPSA) is 54.9 Å². The zero-order valence-electron chi connectivity index (χ0n) is 13.3. The van der Waals surface area contributed by atoms with Gasteiger partial charge in [-0.1, -0.05) is 13.8 Å². The summed E-state index contributed by atoms with van der Waals surface area (Å²) in [7, 11) is 0. The quantitative estimate of drug-likeness (QED) is 0.385. The van der Waals surface area contributed by atoms with Gasteiger partial charge in [0.05, 0.1) is 12.7 Å². The summed E-state index contributed by atoms with van der Waals surface area (Å²) in [6, 6.07) is 0. The van der Waals surface area contributed by atoms with E-state index in [1.165, 1.54) is 0 Å². The van der Waals surface area contributed by atoms with Crippen LogP contribution in [-0.4, -0.2) is 51.5 Å². The van der Waals surface area contributed by atoms with Crippen molar-refractivity contribution in [3.63, 3.8) is 0 Å². The molecule has 1 heterocycles. The fraction of sp³-hybridized carbons (Fsp3) is 0.933. The average molecular weight is 285 g/mol. The highest BCUT2D eigenvalue weighted by molar-refractivity contribution is 5.79. The third-order valence-corrected chi connectivity index (χ3v) is 3.17. The summed E-state index contributed by atoms with van der Waals surface area (Å²) in [4.78, 5) is 4.56. The molecule has 118 valence electrons. The van der Waals surface area contributed by atoms with Crippen molar-refractivity contribution in [2.24, 2.45) is 10.9 Å². The fourth-order valence-electron chi connectivity index (χ4n) is 1.97. The van der Waals surface area contributed by atoms with Crippen LogP contribution in [-0.2, 0) is 9.47 Å². The van der Waals surface area contributed by atoms with Gasteiger partial charge in [0.25, 0.3) is 0 Å². The van der Waals surface area contributed by atoms with Gasteiger partial charge >= 0.3 is 0 Å². The van der Waals surface area contributed by atoms with Crippen LogP contribution in [0.25, 0.3) is 0 Å². The van der Waals surface area contributed by atoms with Crippen LogP contribution in [0, 0.1) is 5.92 Å². The third-order valence-electron chi connectivity index (χ3n) is 3.17. The first kappa shape index (κ1) is 17.2. The predicted octanol–water partition coefficient (Wildman–Crippen LogP) is 1.78. The Morgan fingerprint density at radius 1 is 1.40 bits per heavy atom. The first-order valence-electron chi connectivity index (χ1n) is 7.94. The van der Waals surface area contributed by atoms with Crippen molar-refractivity contribution < 1.29 is 9.47 Å². The lowest BCUT2D eigenvalue weighted by Gasteiger charge is -2.12. The number of nitrogens with one attached hydrogen (secondary N) is 2. The molecule has 1 rings (SSSR count). The Morgan fingerprint density at radius 3 is 2.90 bits per heavy atom. The number of rotatable bonds is 9. The Kier molecular flexibility index (Phi) is 9.41. The normalized spacial score (nSPS) is 19.6. The van der Waals surface area contributed by atoms with E-state index in [2.05, 4.69) is 36.4 Å². The van der Waals surface area contributed by atoms with Crippen molar-refractivity contribution in [2.45, 2.75) is 46.1 Å². The maximum atomic E-state index is 5.72. The van der Waals surface area contributed by atoms with Crippen molar-refractivity contribution in [1.29, 1.82) is 0 Å². The van der Waals surface area contributed by atoms with Gasteiger partial charge in [0, 0.05) is 32.8 Å². The Labute approximate surface area is 123 Å². The number of nitrogens with zero attached hydrogens (tertiary/aromatic N) is 1. The van der Waals surface area contributed by atoms with E-state index in [0.29, 0.717) is 12.0 Å². The zero-order valence-corrected chi connectivity index (χ0v) is 13.3. The molecule has 0 aromatic rings. The van der Waals surface area contributed by atoms with Crippen molar-refractivity contribution in [3.05, 3.63) is 0 Å². The molecule has 0 aromatic heterocycles. The molecule has 1 unspecified atom stereocenters. The Bertz CT molecular complexity index is 264. The minimum absolute atomic E-state index is 0.302. The van der Waals surface area contributed by atoms with E-state index in [0.717, 1.165) is 64.7 Å². The summed E-state index contributed by atoms with van der Waals surface area (Å²) < 4.78 is 11.0. The van der Waals surface area contributed by atoms with Crippen molar-refractivity contribution in [3.8, 4) is 0 Å². The van der Waals surface area contributed by atoms with E-state index in [9.17, 15) is 0 Å². The number of ether oxygens (including phenoxy) is 2. The van der Waals surface area contributed by atoms with Gasteiger partial charge in [0.15, 0.2) is 5.96 Å². The summed E-state index contributed by atoms with van der Waals surface area (Å²) in [5, 5.41) is 6.63. The molecule has 5 heteroatoms. The smallest absolute Gasteiger partial charge is 0.191 e. The molecule has 0 spiro atoms. The first-order chi connectivity index (χ1) is 9.72. The van der Waals surface area contributed by atoms with Crippen LogP contribution in [0.1, 0.15) is 40.0 Å². The lowest BCUT2D eigenvalue weighted by Crippen LogP contribution is -2.38. The molecule has 20 heavy (non-hydrogen) atoms. The van der Waals surface area contributed by atoms with Crippen LogP contribution in [0.2, 0.25) is 0 Å². The van der Waals surface area contributed by atoms with E-state index in [1.807, 2.05) is 0 Å². The predicted molar refractivity (Wildman–Crippen MR) is 83.2 cm³/mol. The standard InChI is InChI=1S/C15H31N3O2/c1-4-16-15(18-9-6-13(2)3)17-8-5-10-20-14-7-11-19-12-14/h13-14H,4-12H2,1-3H3,(H2,16,17,18). The second-order valence-electron chi connectivity index (χ2n) is 5.58. The summed E-state index contributed by atoms with van der Waals surface area (Å²) in [5.41, 5.74) is 0. The van der Waals surface area contributed by atoms with Crippen LogP contribution >= 0.6 is 0 Å². The van der Waals surface area contributed by atoms with Crippen molar-refractivity contribution in [2.75, 3.05) is 39.5 Å². The van der Waals surface area contributed by atoms with Gasteiger partial charge in [-0.05, 0) is 32.1 Å². The highest BCUT2D eigenvalue weighted by Gasteiger charge is 2.15. The average Bonchev–Trinajstić information content (AvgIpc) is 2.91. The van der Waals surface area contributed by atoms with E-state index in [1.54, 1.807) is 0 Å². The number of hydrogen-bond donors (Lipinski definition) is 2. The molecule has 1 fully saturated rings. The number of hydrogen-bond acceptors (Lipinski definition) is 3. The molecule has 0 aliphatic carbocycles. The first-order valence-corrected chi connectivity index (χ1v) is 7.94. The molecular formula is C15H31N3O2. The lowest BCUT2D eigenvalue weighted by molar-refractivity contribution is 0.0424. The van der Waals surface area contributed by atoms with Gasteiger partial charge in [0.1, 0.15) is 0 Å². The molecule has 0 amide bonds. The molecule has 0 bridgehead atoms. The van der Waals surface area contributed by atoms with Gasteiger partial charge in [-0.25, -0.2) is 0 Å². The lowest BCUT2D eigenvalue weighted by atomic mass is 10.1. The highest BCUT2D eigenvalue weighted by Crippen LogP contribution is 2.08. The molecule has 1 atom stereocenters. The van der Waals surface area contributed by atoms with Gasteiger partial charge in [0.2, 0.25) is 0 Å². The monoisotopic (exact) mass is 285 g/mol. The molecule has 1 aliphatic rings. The van der Waals surface area contributed by atoms with E-state index >= 15 is 0 Å². The highest BCUT2D eigenvalue weighted by atomic mass is 16.5. The third kappa shape index (κ3) is 8.38. The molecule has 1 aliphatic heterocycles. The minimum atomic E-state index is 0.302. The molecule has 0 aromatic carbocycles. The van der Waals surface area contributed by atoms with Crippen LogP contribution in [0.3, 0.4) is 0 Å².